The Morgan fingerprint density at radius 1 is 0.560 bits per heavy atom. The van der Waals surface area contributed by atoms with Gasteiger partial charge in [0.1, 0.15) is 0 Å². The average molecular weight is 659 g/mol. The second kappa shape index (κ2) is 15.4. The van der Waals surface area contributed by atoms with Crippen LogP contribution in [0, 0.1) is 34.6 Å². The van der Waals surface area contributed by atoms with Crippen molar-refractivity contribution < 1.29 is 0 Å². The first-order valence-electron chi connectivity index (χ1n) is 18.5. The van der Waals surface area contributed by atoms with Gasteiger partial charge in [-0.3, -0.25) is 0 Å². The molecule has 0 unspecified atom stereocenters. The summed E-state index contributed by atoms with van der Waals surface area (Å²) in [4.78, 5) is 4.84. The summed E-state index contributed by atoms with van der Waals surface area (Å²) in [5.74, 6) is 0. The molecule has 1 saturated carbocycles. The molecule has 1 fully saturated rings. The third-order valence-electron chi connectivity index (χ3n) is 10.8. The van der Waals surface area contributed by atoms with E-state index in [1.54, 1.807) is 0 Å². The molecule has 1 aliphatic rings. The minimum Gasteiger partial charge on any atom is -0.314 e. The van der Waals surface area contributed by atoms with Crippen LogP contribution in [-0.2, 0) is 5.41 Å². The first-order chi connectivity index (χ1) is 24.2. The number of rotatable bonds is 10. The van der Waals surface area contributed by atoms with Crippen LogP contribution in [-0.4, -0.2) is 0 Å². The Kier molecular flexibility index (Phi) is 10.8. The van der Waals surface area contributed by atoms with Crippen LogP contribution >= 0.6 is 0 Å². The fourth-order valence-corrected chi connectivity index (χ4v) is 7.77. The lowest BCUT2D eigenvalue weighted by atomic mass is 9.65. The molecule has 50 heavy (non-hydrogen) atoms. The maximum Gasteiger partial charge on any atom is 0.0487 e. The third-order valence-corrected chi connectivity index (χ3v) is 10.8. The van der Waals surface area contributed by atoms with Gasteiger partial charge in [0.2, 0.25) is 0 Å². The lowest BCUT2D eigenvalue weighted by Gasteiger charge is -2.39. The van der Waals surface area contributed by atoms with Crippen LogP contribution in [0.15, 0.2) is 139 Å². The molecular formula is C48H54N2. The summed E-state index contributed by atoms with van der Waals surface area (Å²) in [5, 5.41) is 0. The van der Waals surface area contributed by atoms with E-state index in [-0.39, 0.29) is 5.41 Å². The standard InChI is InChI=1S/C48H54N2/c1-8-42(50(46-26-16-37(4)17-27-46)47-31-18-38(5)34-39(47)6)28-19-40(7)48(32-10-9-11-33-48)41-20-29-45(30-21-41)49(43-22-12-35(2)13-23-43)44-24-14-36(3)15-25-44/h12-31,34H,8-11,32-33H2,1-7H3/b40-19+,42-28+. The molecule has 0 saturated heterocycles. The minimum absolute atomic E-state index is 0.0269. The molecule has 6 rings (SSSR count). The van der Waals surface area contributed by atoms with Gasteiger partial charge >= 0.3 is 0 Å². The number of nitrogens with zero attached hydrogens (tertiary/aromatic N) is 2. The van der Waals surface area contributed by atoms with Gasteiger partial charge in [0.25, 0.3) is 0 Å². The maximum absolute atomic E-state index is 2.46. The SMILES string of the molecule is CC/C(=C\C=C(/C)C1(c2ccc(N(c3ccc(C)cc3)c3ccc(C)cc3)cc2)CCCCC1)N(c1ccc(C)cc1)c1ccc(C)cc1C. The molecule has 0 atom stereocenters. The summed E-state index contributed by atoms with van der Waals surface area (Å²) in [7, 11) is 0. The van der Waals surface area contributed by atoms with Crippen molar-refractivity contribution in [3.05, 3.63) is 172 Å². The largest absolute Gasteiger partial charge is 0.314 e. The molecule has 5 aromatic rings. The van der Waals surface area contributed by atoms with E-state index < -0.39 is 0 Å². The Bertz CT molecular complexity index is 1890. The van der Waals surface area contributed by atoms with Crippen molar-refractivity contribution in [2.45, 2.75) is 92.4 Å². The van der Waals surface area contributed by atoms with E-state index in [0.717, 1.165) is 6.42 Å². The number of benzene rings is 5. The van der Waals surface area contributed by atoms with E-state index in [1.807, 2.05) is 0 Å². The van der Waals surface area contributed by atoms with Crippen LogP contribution in [0.25, 0.3) is 0 Å². The van der Waals surface area contributed by atoms with Crippen molar-refractivity contribution >= 4 is 28.4 Å². The van der Waals surface area contributed by atoms with E-state index in [0.29, 0.717) is 0 Å². The van der Waals surface area contributed by atoms with E-state index in [1.165, 1.54) is 105 Å². The van der Waals surface area contributed by atoms with Crippen LogP contribution in [0.1, 0.15) is 85.8 Å². The third kappa shape index (κ3) is 7.50. The highest BCUT2D eigenvalue weighted by molar-refractivity contribution is 5.77. The number of allylic oxidation sites excluding steroid dienone is 4. The lowest BCUT2D eigenvalue weighted by molar-refractivity contribution is 0.339. The second-order valence-electron chi connectivity index (χ2n) is 14.5. The smallest absolute Gasteiger partial charge is 0.0487 e. The number of hydrogen-bond acceptors (Lipinski definition) is 2. The Labute approximate surface area is 301 Å². The molecule has 5 aromatic carbocycles. The second-order valence-corrected chi connectivity index (χ2v) is 14.5. The van der Waals surface area contributed by atoms with Gasteiger partial charge in [0.15, 0.2) is 0 Å². The van der Waals surface area contributed by atoms with E-state index in [4.69, 9.17) is 0 Å². The highest BCUT2D eigenvalue weighted by Crippen LogP contribution is 2.46. The van der Waals surface area contributed by atoms with Crippen LogP contribution < -0.4 is 9.80 Å². The van der Waals surface area contributed by atoms with Crippen molar-refractivity contribution in [1.29, 1.82) is 0 Å². The zero-order chi connectivity index (χ0) is 35.3. The van der Waals surface area contributed by atoms with Gasteiger partial charge in [-0.25, -0.2) is 0 Å². The summed E-state index contributed by atoms with van der Waals surface area (Å²) in [6.07, 6.45) is 12.0. The van der Waals surface area contributed by atoms with Gasteiger partial charge in [-0.1, -0.05) is 121 Å². The molecule has 0 radical (unpaired) electrons. The first-order valence-corrected chi connectivity index (χ1v) is 18.5. The maximum atomic E-state index is 2.46. The molecule has 0 N–H and O–H groups in total. The minimum atomic E-state index is 0.0269. The molecule has 0 bridgehead atoms. The van der Waals surface area contributed by atoms with E-state index in [9.17, 15) is 0 Å². The lowest BCUT2D eigenvalue weighted by Crippen LogP contribution is -2.30. The van der Waals surface area contributed by atoms with Gasteiger partial charge in [-0.2, -0.15) is 0 Å². The Balaban J connectivity index is 1.39. The van der Waals surface area contributed by atoms with E-state index >= 15 is 0 Å². The summed E-state index contributed by atoms with van der Waals surface area (Å²) in [5.41, 5.74) is 16.6. The predicted octanol–water partition coefficient (Wildman–Crippen LogP) is 14.0. The highest BCUT2D eigenvalue weighted by atomic mass is 15.2. The summed E-state index contributed by atoms with van der Waals surface area (Å²) >= 11 is 0. The van der Waals surface area contributed by atoms with Crippen LogP contribution in [0.2, 0.25) is 0 Å². The molecule has 0 amide bonds. The Hall–Kier alpha value is -4.82. The molecule has 0 heterocycles. The predicted molar refractivity (Wildman–Crippen MR) is 217 cm³/mol. The topological polar surface area (TPSA) is 6.48 Å². The molecule has 1 aliphatic carbocycles. The molecule has 0 aromatic heterocycles. The summed E-state index contributed by atoms with van der Waals surface area (Å²) < 4.78 is 0. The van der Waals surface area contributed by atoms with Crippen LogP contribution in [0.3, 0.4) is 0 Å². The normalized spacial score (nSPS) is 14.8. The fourth-order valence-electron chi connectivity index (χ4n) is 7.77. The zero-order valence-electron chi connectivity index (χ0n) is 31.3. The number of anilines is 5. The monoisotopic (exact) mass is 658 g/mol. The zero-order valence-corrected chi connectivity index (χ0v) is 31.3. The van der Waals surface area contributed by atoms with Gasteiger partial charge in [-0.05, 0) is 133 Å². The van der Waals surface area contributed by atoms with Crippen molar-refractivity contribution in [1.82, 2.24) is 0 Å². The van der Waals surface area contributed by atoms with E-state index in [2.05, 4.69) is 186 Å². The quantitative estimate of drug-likeness (QED) is 0.138. The number of hydrogen-bond donors (Lipinski definition) is 0. The highest BCUT2D eigenvalue weighted by Gasteiger charge is 2.35. The van der Waals surface area contributed by atoms with Gasteiger partial charge in [0, 0.05) is 39.5 Å². The number of aryl methyl sites for hydroxylation is 5. The van der Waals surface area contributed by atoms with Gasteiger partial charge < -0.3 is 9.80 Å². The Morgan fingerprint density at radius 3 is 1.50 bits per heavy atom. The summed E-state index contributed by atoms with van der Waals surface area (Å²) in [6, 6.07) is 43.0. The first kappa shape index (κ1) is 35.0. The molecule has 0 aliphatic heterocycles. The van der Waals surface area contributed by atoms with Crippen molar-refractivity contribution in [3.63, 3.8) is 0 Å². The fraction of sp³-hybridized carbons (Fsp3) is 0.292. The summed E-state index contributed by atoms with van der Waals surface area (Å²) in [6.45, 7) is 15.5. The van der Waals surface area contributed by atoms with Crippen LogP contribution in [0.5, 0.6) is 0 Å². The molecule has 2 heteroatoms. The molecular weight excluding hydrogens is 605 g/mol. The molecule has 2 nitrogen and oxygen atoms in total. The van der Waals surface area contributed by atoms with Crippen molar-refractivity contribution in [3.8, 4) is 0 Å². The van der Waals surface area contributed by atoms with Crippen molar-refractivity contribution in [2.75, 3.05) is 9.80 Å². The molecule has 256 valence electrons. The van der Waals surface area contributed by atoms with Gasteiger partial charge in [-0.15, -0.1) is 0 Å². The van der Waals surface area contributed by atoms with Crippen LogP contribution in [0.4, 0.5) is 28.4 Å². The van der Waals surface area contributed by atoms with Crippen molar-refractivity contribution in [2.24, 2.45) is 0 Å². The van der Waals surface area contributed by atoms with Gasteiger partial charge in [0.05, 0.1) is 0 Å². The molecule has 0 spiro atoms. The average Bonchev–Trinajstić information content (AvgIpc) is 3.13. The Morgan fingerprint density at radius 2 is 1.02 bits per heavy atom.